The van der Waals surface area contributed by atoms with Crippen molar-refractivity contribution >= 4 is 25.1 Å². The average Bonchev–Trinajstić information content (AvgIpc) is 3.13. The SMILES string of the molecule is CC1=C2C3=CN=CC3=C1[Si]2(C)C.Cc1cc2ccccc2[cH-]1.[Cl-].[Cl-].[Zr+3]. The van der Waals surface area contributed by atoms with E-state index in [-0.39, 0.29) is 51.0 Å². The third-order valence-corrected chi connectivity index (χ3v) is 8.79. The van der Waals surface area contributed by atoms with Crippen molar-refractivity contribution < 1.29 is 51.0 Å². The van der Waals surface area contributed by atoms with Gasteiger partial charge in [-0.25, -0.2) is 0 Å². The largest absolute Gasteiger partial charge is 3.00 e. The van der Waals surface area contributed by atoms with E-state index in [0.717, 1.165) is 0 Å². The molecule has 0 aromatic heterocycles. The summed E-state index contributed by atoms with van der Waals surface area (Å²) in [6, 6.07) is 12.8. The topological polar surface area (TPSA) is 12.4 Å². The molecule has 2 aromatic carbocycles. The summed E-state index contributed by atoms with van der Waals surface area (Å²) in [6.07, 6.45) is 4.06. The van der Waals surface area contributed by atoms with E-state index in [2.05, 4.69) is 68.3 Å². The summed E-state index contributed by atoms with van der Waals surface area (Å²) in [7, 11) is -1.11. The van der Waals surface area contributed by atoms with E-state index in [1.54, 1.807) is 16.0 Å². The van der Waals surface area contributed by atoms with Gasteiger partial charge in [-0.15, -0.1) is 40.6 Å². The summed E-state index contributed by atoms with van der Waals surface area (Å²) >= 11 is 0. The third kappa shape index (κ3) is 3.37. The van der Waals surface area contributed by atoms with E-state index in [1.165, 1.54) is 27.5 Å². The third-order valence-electron chi connectivity index (χ3n) is 5.00. The minimum Gasteiger partial charge on any atom is -1.00 e. The molecule has 0 saturated carbocycles. The molecule has 127 valence electrons. The molecule has 0 fully saturated rings. The monoisotopic (exact) mass is 462 g/mol. The second-order valence-electron chi connectivity index (χ2n) is 6.90. The molecule has 3 aliphatic heterocycles. The van der Waals surface area contributed by atoms with Crippen molar-refractivity contribution in [1.29, 1.82) is 0 Å². The zero-order valence-corrected chi connectivity index (χ0v) is 19.8. The van der Waals surface area contributed by atoms with Gasteiger partial charge in [-0.05, 0) is 17.3 Å². The quantitative estimate of drug-likeness (QED) is 0.360. The van der Waals surface area contributed by atoms with Crippen LogP contribution in [0.2, 0.25) is 13.1 Å². The van der Waals surface area contributed by atoms with Crippen LogP contribution in [-0.4, -0.2) is 14.3 Å². The molecule has 1 aliphatic carbocycles. The Balaban J connectivity index is 0.000000226. The molecule has 0 saturated heterocycles. The molecular weight excluding hydrogens is 444 g/mol. The number of hydrogen-bond acceptors (Lipinski definition) is 1. The van der Waals surface area contributed by atoms with Crippen LogP contribution < -0.4 is 24.8 Å². The Bertz CT molecular complexity index is 899. The van der Waals surface area contributed by atoms with Gasteiger partial charge in [-0.2, -0.15) is 6.07 Å². The van der Waals surface area contributed by atoms with Gasteiger partial charge in [0.15, 0.2) is 0 Å². The van der Waals surface area contributed by atoms with Crippen molar-refractivity contribution in [2.45, 2.75) is 26.9 Å². The Labute approximate surface area is 182 Å². The van der Waals surface area contributed by atoms with Gasteiger partial charge in [0.05, 0.1) is 0 Å². The average molecular weight is 465 g/mol. The number of allylic oxidation sites excluding steroid dienone is 5. The van der Waals surface area contributed by atoms with Crippen LogP contribution in [0.15, 0.2) is 74.7 Å². The molecule has 4 aliphatic rings. The van der Waals surface area contributed by atoms with E-state index in [4.69, 9.17) is 0 Å². The number of benzene rings is 1. The van der Waals surface area contributed by atoms with Crippen LogP contribution in [0.1, 0.15) is 12.5 Å². The Hall–Kier alpha value is -0.600. The van der Waals surface area contributed by atoms with Crippen molar-refractivity contribution in [3.63, 3.8) is 0 Å². The second-order valence-corrected chi connectivity index (χ2v) is 11.1. The van der Waals surface area contributed by atoms with Crippen LogP contribution in [0, 0.1) is 6.92 Å². The number of fused-ring (bicyclic) bond motifs is 1. The van der Waals surface area contributed by atoms with Gasteiger partial charge in [0.25, 0.3) is 0 Å². The summed E-state index contributed by atoms with van der Waals surface area (Å²) in [5.41, 5.74) is 5.79. The predicted octanol–water partition coefficient (Wildman–Crippen LogP) is -0.746. The summed E-state index contributed by atoms with van der Waals surface area (Å²) in [5.74, 6) is 0. The summed E-state index contributed by atoms with van der Waals surface area (Å²) < 4.78 is 0. The summed E-state index contributed by atoms with van der Waals surface area (Å²) in [4.78, 5) is 4.19. The fourth-order valence-electron chi connectivity index (χ4n) is 4.23. The first kappa shape index (κ1) is 22.4. The summed E-state index contributed by atoms with van der Waals surface area (Å²) in [6.45, 7) is 9.25. The fraction of sp³-hybridized carbons (Fsp3) is 0.200. The molecule has 2 aromatic rings. The second kappa shape index (κ2) is 7.96. The van der Waals surface area contributed by atoms with Crippen molar-refractivity contribution in [1.82, 2.24) is 0 Å². The number of halogens is 2. The van der Waals surface area contributed by atoms with Gasteiger partial charge in [-0.1, -0.05) is 31.7 Å². The molecule has 2 bridgehead atoms. The molecule has 0 unspecified atom stereocenters. The van der Waals surface area contributed by atoms with Crippen LogP contribution >= 0.6 is 0 Å². The fourth-order valence-corrected chi connectivity index (χ4v) is 8.16. The smallest absolute Gasteiger partial charge is 1.00 e. The predicted molar refractivity (Wildman–Crippen MR) is 98.1 cm³/mol. The molecule has 25 heavy (non-hydrogen) atoms. The van der Waals surface area contributed by atoms with Gasteiger partial charge < -0.3 is 24.8 Å². The summed E-state index contributed by atoms with van der Waals surface area (Å²) in [5, 5.41) is 6.01. The Morgan fingerprint density at radius 3 is 2.28 bits per heavy atom. The van der Waals surface area contributed by atoms with Crippen molar-refractivity contribution in [2.24, 2.45) is 4.99 Å². The molecule has 1 radical (unpaired) electrons. The molecule has 0 spiro atoms. The van der Waals surface area contributed by atoms with Crippen LogP contribution in [0.4, 0.5) is 0 Å². The first-order valence-corrected chi connectivity index (χ1v) is 10.8. The Morgan fingerprint density at radius 2 is 1.68 bits per heavy atom. The Kier molecular flexibility index (Phi) is 7.15. The first-order valence-electron chi connectivity index (χ1n) is 7.83. The number of aliphatic imine (C=N–C) groups is 1. The van der Waals surface area contributed by atoms with Crippen LogP contribution in [0.3, 0.4) is 0 Å². The van der Waals surface area contributed by atoms with E-state index in [0.29, 0.717) is 0 Å². The number of rotatable bonds is 0. The molecule has 0 N–H and O–H groups in total. The number of nitrogens with zero attached hydrogens (tertiary/aromatic N) is 1. The maximum Gasteiger partial charge on any atom is 3.00 e. The van der Waals surface area contributed by atoms with Crippen LogP contribution in [0.5, 0.6) is 0 Å². The van der Waals surface area contributed by atoms with Gasteiger partial charge in [0.1, 0.15) is 8.07 Å². The van der Waals surface area contributed by atoms with Crippen molar-refractivity contribution in [3.05, 3.63) is 75.3 Å². The van der Waals surface area contributed by atoms with Gasteiger partial charge >= 0.3 is 26.2 Å². The van der Waals surface area contributed by atoms with E-state index < -0.39 is 8.07 Å². The van der Waals surface area contributed by atoms with Gasteiger partial charge in [0, 0.05) is 23.6 Å². The minimum atomic E-state index is -1.11. The number of aryl methyl sites for hydroxylation is 1. The molecule has 6 rings (SSSR count). The maximum absolute atomic E-state index is 4.19. The van der Waals surface area contributed by atoms with E-state index in [1.807, 2.05) is 12.4 Å². The molecule has 5 heteroatoms. The number of hydrogen-bond donors (Lipinski definition) is 0. The molecule has 0 atom stereocenters. The van der Waals surface area contributed by atoms with E-state index >= 15 is 0 Å². The molecular formula is C20H20Cl2NSiZr. The maximum atomic E-state index is 4.19. The minimum absolute atomic E-state index is 0. The zero-order valence-electron chi connectivity index (χ0n) is 14.8. The molecule has 0 amide bonds. The normalized spacial score (nSPS) is 17.5. The van der Waals surface area contributed by atoms with Gasteiger partial charge in [-0.3, -0.25) is 4.99 Å². The standard InChI is InChI=1S/C10H11NSi.C10H9.2ClH.Zr/c1-6-9-7-4-11-5-8(7)10(6)12(9,2)3;1-8-6-9-4-2-3-5-10(9)7-8;;;/h4-5H,1-3H3;2-7H,1H3;2*1H;/q;-1;;;+3/p-2. The Morgan fingerprint density at radius 1 is 1.00 bits per heavy atom. The first-order chi connectivity index (χ1) is 10.5. The van der Waals surface area contributed by atoms with E-state index in [9.17, 15) is 0 Å². The van der Waals surface area contributed by atoms with Gasteiger partial charge in [0.2, 0.25) is 0 Å². The zero-order chi connectivity index (χ0) is 15.5. The van der Waals surface area contributed by atoms with Crippen LogP contribution in [-0.2, 0) is 26.2 Å². The molecule has 3 heterocycles. The van der Waals surface area contributed by atoms with Crippen molar-refractivity contribution in [2.75, 3.05) is 0 Å². The molecule has 1 nitrogen and oxygen atoms in total. The van der Waals surface area contributed by atoms with Crippen molar-refractivity contribution in [3.8, 4) is 0 Å². The van der Waals surface area contributed by atoms with Crippen LogP contribution in [0.25, 0.3) is 10.8 Å².